The van der Waals surface area contributed by atoms with Crippen molar-refractivity contribution in [1.29, 1.82) is 0 Å². The summed E-state index contributed by atoms with van der Waals surface area (Å²) in [6.07, 6.45) is 2.32. The standard InChI is InChI=1S/C15H21NO3/c1-3-11(4-2)10-16-14(17)9-12-6-5-7-13(8-12)15(18)19/h5-8,11H,3-4,9-10H2,1-2H3,(H,16,17)(H,18,19). The molecule has 1 amide bonds. The van der Waals surface area contributed by atoms with E-state index in [2.05, 4.69) is 19.2 Å². The number of hydrogen-bond donors (Lipinski definition) is 2. The second-order valence-electron chi connectivity index (χ2n) is 4.67. The predicted molar refractivity (Wildman–Crippen MR) is 74.2 cm³/mol. The molecule has 0 saturated heterocycles. The third kappa shape index (κ3) is 5.12. The van der Waals surface area contributed by atoms with Crippen molar-refractivity contribution in [3.05, 3.63) is 35.4 Å². The van der Waals surface area contributed by atoms with E-state index in [9.17, 15) is 9.59 Å². The highest BCUT2D eigenvalue weighted by Gasteiger charge is 2.09. The first-order valence-electron chi connectivity index (χ1n) is 6.65. The van der Waals surface area contributed by atoms with Gasteiger partial charge in [0.1, 0.15) is 0 Å². The third-order valence-electron chi connectivity index (χ3n) is 3.28. The van der Waals surface area contributed by atoms with Gasteiger partial charge in [-0.25, -0.2) is 4.79 Å². The van der Waals surface area contributed by atoms with Gasteiger partial charge in [0.05, 0.1) is 12.0 Å². The molecule has 2 N–H and O–H groups in total. The number of rotatable bonds is 7. The van der Waals surface area contributed by atoms with Gasteiger partial charge in [0.25, 0.3) is 0 Å². The SMILES string of the molecule is CCC(CC)CNC(=O)Cc1cccc(C(=O)O)c1. The zero-order chi connectivity index (χ0) is 14.3. The van der Waals surface area contributed by atoms with Gasteiger partial charge in [0.2, 0.25) is 5.91 Å². The van der Waals surface area contributed by atoms with Crippen LogP contribution in [-0.4, -0.2) is 23.5 Å². The average Bonchev–Trinajstić information content (AvgIpc) is 2.40. The summed E-state index contributed by atoms with van der Waals surface area (Å²) in [6.45, 7) is 4.90. The third-order valence-corrected chi connectivity index (χ3v) is 3.28. The van der Waals surface area contributed by atoms with E-state index in [1.807, 2.05) is 0 Å². The van der Waals surface area contributed by atoms with Gasteiger partial charge in [-0.15, -0.1) is 0 Å². The molecule has 0 saturated carbocycles. The summed E-state index contributed by atoms with van der Waals surface area (Å²) in [4.78, 5) is 22.6. The molecule has 1 aromatic carbocycles. The van der Waals surface area contributed by atoms with Gasteiger partial charge < -0.3 is 10.4 Å². The van der Waals surface area contributed by atoms with Crippen LogP contribution in [0.2, 0.25) is 0 Å². The lowest BCUT2D eigenvalue weighted by atomic mass is 10.0. The van der Waals surface area contributed by atoms with Crippen LogP contribution >= 0.6 is 0 Å². The molecule has 1 rings (SSSR count). The lowest BCUT2D eigenvalue weighted by Gasteiger charge is -2.13. The molecule has 4 nitrogen and oxygen atoms in total. The Morgan fingerprint density at radius 1 is 1.26 bits per heavy atom. The van der Waals surface area contributed by atoms with Crippen LogP contribution in [0, 0.1) is 5.92 Å². The second-order valence-corrected chi connectivity index (χ2v) is 4.67. The second kappa shape index (κ2) is 7.56. The Morgan fingerprint density at radius 2 is 1.95 bits per heavy atom. The Hall–Kier alpha value is -1.84. The van der Waals surface area contributed by atoms with Crippen molar-refractivity contribution < 1.29 is 14.7 Å². The van der Waals surface area contributed by atoms with Crippen molar-refractivity contribution >= 4 is 11.9 Å². The van der Waals surface area contributed by atoms with Crippen LogP contribution in [0.25, 0.3) is 0 Å². The molecule has 0 heterocycles. The molecule has 0 unspecified atom stereocenters. The molecule has 0 atom stereocenters. The summed E-state index contributed by atoms with van der Waals surface area (Å²) in [5.41, 5.74) is 0.937. The summed E-state index contributed by atoms with van der Waals surface area (Å²) in [6, 6.07) is 6.49. The number of nitrogens with one attached hydrogen (secondary N) is 1. The molecule has 0 aromatic heterocycles. The first kappa shape index (κ1) is 15.2. The van der Waals surface area contributed by atoms with Crippen molar-refractivity contribution in [1.82, 2.24) is 5.32 Å². The number of carboxylic acid groups (broad SMARTS) is 1. The van der Waals surface area contributed by atoms with Gasteiger partial charge in [-0.05, 0) is 23.6 Å². The Labute approximate surface area is 113 Å². The molecule has 0 aliphatic rings. The first-order valence-corrected chi connectivity index (χ1v) is 6.65. The van der Waals surface area contributed by atoms with Crippen LogP contribution in [-0.2, 0) is 11.2 Å². The summed E-state index contributed by atoms with van der Waals surface area (Å²) < 4.78 is 0. The van der Waals surface area contributed by atoms with Crippen molar-refractivity contribution in [3.8, 4) is 0 Å². The van der Waals surface area contributed by atoms with E-state index >= 15 is 0 Å². The molecular formula is C15H21NO3. The maximum atomic E-state index is 11.8. The Kier molecular flexibility index (Phi) is 6.06. The minimum Gasteiger partial charge on any atom is -0.478 e. The lowest BCUT2D eigenvalue weighted by molar-refractivity contribution is -0.120. The zero-order valence-electron chi connectivity index (χ0n) is 11.5. The minimum atomic E-state index is -0.973. The monoisotopic (exact) mass is 263 g/mol. The van der Waals surface area contributed by atoms with Gasteiger partial charge in [0.15, 0.2) is 0 Å². The Bertz CT molecular complexity index is 439. The van der Waals surface area contributed by atoms with Crippen LogP contribution in [0.5, 0.6) is 0 Å². The molecule has 0 radical (unpaired) electrons. The lowest BCUT2D eigenvalue weighted by Crippen LogP contribution is -2.30. The van der Waals surface area contributed by atoms with Crippen molar-refractivity contribution in [3.63, 3.8) is 0 Å². The average molecular weight is 263 g/mol. The number of amides is 1. The van der Waals surface area contributed by atoms with Gasteiger partial charge in [0, 0.05) is 6.54 Å². The number of carbonyl (C=O) groups is 2. The Morgan fingerprint density at radius 3 is 2.53 bits per heavy atom. The van der Waals surface area contributed by atoms with E-state index in [-0.39, 0.29) is 17.9 Å². The normalized spacial score (nSPS) is 10.5. The molecule has 0 bridgehead atoms. The van der Waals surface area contributed by atoms with Crippen molar-refractivity contribution in [2.75, 3.05) is 6.54 Å². The maximum Gasteiger partial charge on any atom is 0.335 e. The fraction of sp³-hybridized carbons (Fsp3) is 0.467. The number of carboxylic acids is 1. The van der Waals surface area contributed by atoms with E-state index < -0.39 is 5.97 Å². The van der Waals surface area contributed by atoms with E-state index in [1.165, 1.54) is 6.07 Å². The van der Waals surface area contributed by atoms with Crippen molar-refractivity contribution in [2.45, 2.75) is 33.1 Å². The van der Waals surface area contributed by atoms with Gasteiger partial charge in [-0.2, -0.15) is 0 Å². The zero-order valence-corrected chi connectivity index (χ0v) is 11.5. The summed E-state index contributed by atoms with van der Waals surface area (Å²) in [7, 11) is 0. The molecule has 0 spiro atoms. The van der Waals surface area contributed by atoms with Crippen LogP contribution < -0.4 is 5.32 Å². The number of hydrogen-bond acceptors (Lipinski definition) is 2. The Balaban J connectivity index is 2.52. The molecule has 104 valence electrons. The van der Waals surface area contributed by atoms with E-state index in [1.54, 1.807) is 18.2 Å². The van der Waals surface area contributed by atoms with Crippen molar-refractivity contribution in [2.24, 2.45) is 5.92 Å². The van der Waals surface area contributed by atoms with E-state index in [4.69, 9.17) is 5.11 Å². The number of aromatic carboxylic acids is 1. The smallest absolute Gasteiger partial charge is 0.335 e. The number of carbonyl (C=O) groups excluding carboxylic acids is 1. The van der Waals surface area contributed by atoms with Gasteiger partial charge in [-0.1, -0.05) is 38.8 Å². The summed E-state index contributed by atoms with van der Waals surface area (Å²) in [5, 5.41) is 11.8. The molecule has 4 heteroatoms. The fourth-order valence-corrected chi connectivity index (χ4v) is 1.90. The quantitative estimate of drug-likeness (QED) is 0.794. The molecule has 0 fully saturated rings. The van der Waals surface area contributed by atoms with Crippen LogP contribution in [0.1, 0.15) is 42.6 Å². The highest BCUT2D eigenvalue weighted by molar-refractivity contribution is 5.88. The van der Waals surface area contributed by atoms with Crippen LogP contribution in [0.3, 0.4) is 0 Å². The first-order chi connectivity index (χ1) is 9.06. The maximum absolute atomic E-state index is 11.8. The highest BCUT2D eigenvalue weighted by Crippen LogP contribution is 2.07. The highest BCUT2D eigenvalue weighted by atomic mass is 16.4. The molecule has 1 aromatic rings. The van der Waals surface area contributed by atoms with Gasteiger partial charge >= 0.3 is 5.97 Å². The van der Waals surface area contributed by atoms with Gasteiger partial charge in [-0.3, -0.25) is 4.79 Å². The molecular weight excluding hydrogens is 242 g/mol. The summed E-state index contributed by atoms with van der Waals surface area (Å²) in [5.74, 6) is -0.525. The molecule has 0 aliphatic carbocycles. The van der Waals surface area contributed by atoms with E-state index in [0.717, 1.165) is 18.4 Å². The summed E-state index contributed by atoms with van der Waals surface area (Å²) >= 11 is 0. The fourth-order valence-electron chi connectivity index (χ4n) is 1.90. The van der Waals surface area contributed by atoms with Crippen LogP contribution in [0.4, 0.5) is 0 Å². The number of benzene rings is 1. The largest absolute Gasteiger partial charge is 0.478 e. The van der Waals surface area contributed by atoms with E-state index in [0.29, 0.717) is 12.5 Å². The minimum absolute atomic E-state index is 0.0607. The predicted octanol–water partition coefficient (Wildman–Crippen LogP) is 2.48. The molecule has 19 heavy (non-hydrogen) atoms. The topological polar surface area (TPSA) is 66.4 Å². The molecule has 0 aliphatic heterocycles. The van der Waals surface area contributed by atoms with Crippen LogP contribution in [0.15, 0.2) is 24.3 Å².